The number of fused-ring (bicyclic) bond motifs is 1. The predicted molar refractivity (Wildman–Crippen MR) is 80.3 cm³/mol. The van der Waals surface area contributed by atoms with Gasteiger partial charge in [0.15, 0.2) is 4.77 Å². The lowest BCUT2D eigenvalue weighted by atomic mass is 10.0. The summed E-state index contributed by atoms with van der Waals surface area (Å²) in [6.45, 7) is 4.38. The maximum atomic E-state index is 5.40. The van der Waals surface area contributed by atoms with E-state index in [9.17, 15) is 0 Å². The molecule has 3 aromatic rings. The van der Waals surface area contributed by atoms with Crippen molar-refractivity contribution in [3.8, 4) is 5.69 Å². The van der Waals surface area contributed by atoms with E-state index in [0.29, 0.717) is 10.7 Å². The Hall–Kier alpha value is -1.94. The van der Waals surface area contributed by atoms with E-state index in [2.05, 4.69) is 48.1 Å². The molecule has 19 heavy (non-hydrogen) atoms. The van der Waals surface area contributed by atoms with E-state index in [0.717, 1.165) is 16.7 Å². The summed E-state index contributed by atoms with van der Waals surface area (Å²) in [4.78, 5) is 7.29. The van der Waals surface area contributed by atoms with Gasteiger partial charge in [0.05, 0.1) is 17.2 Å². The van der Waals surface area contributed by atoms with Crippen LogP contribution in [0.4, 0.5) is 0 Å². The first-order valence-electron chi connectivity index (χ1n) is 6.32. The van der Waals surface area contributed by atoms with Crippen LogP contribution in [0, 0.1) is 4.77 Å². The van der Waals surface area contributed by atoms with Crippen molar-refractivity contribution in [2.24, 2.45) is 0 Å². The summed E-state index contributed by atoms with van der Waals surface area (Å²) in [5.41, 5.74) is 4.42. The number of H-pyrrole nitrogens is 1. The second kappa shape index (κ2) is 4.63. The maximum absolute atomic E-state index is 5.40. The minimum absolute atomic E-state index is 0.536. The SMILES string of the molecule is CC(C)c1ccc(-n2c(=S)[nH]c3cnccc32)cc1. The summed E-state index contributed by atoms with van der Waals surface area (Å²) in [6.07, 6.45) is 3.58. The highest BCUT2D eigenvalue weighted by molar-refractivity contribution is 7.71. The van der Waals surface area contributed by atoms with Gasteiger partial charge in [0.25, 0.3) is 0 Å². The molecule has 0 radical (unpaired) electrons. The van der Waals surface area contributed by atoms with E-state index >= 15 is 0 Å². The molecule has 0 fully saturated rings. The van der Waals surface area contributed by atoms with Gasteiger partial charge in [-0.05, 0) is 41.9 Å². The van der Waals surface area contributed by atoms with Crippen molar-refractivity contribution < 1.29 is 0 Å². The lowest BCUT2D eigenvalue weighted by Crippen LogP contribution is -1.95. The Morgan fingerprint density at radius 2 is 1.89 bits per heavy atom. The number of hydrogen-bond donors (Lipinski definition) is 1. The first-order valence-corrected chi connectivity index (χ1v) is 6.73. The zero-order chi connectivity index (χ0) is 13.4. The number of nitrogens with one attached hydrogen (secondary N) is 1. The lowest BCUT2D eigenvalue weighted by molar-refractivity contribution is 0.865. The van der Waals surface area contributed by atoms with Crippen LogP contribution in [0.1, 0.15) is 25.3 Å². The van der Waals surface area contributed by atoms with Crippen molar-refractivity contribution in [3.05, 3.63) is 53.1 Å². The molecule has 4 heteroatoms. The van der Waals surface area contributed by atoms with E-state index in [1.807, 2.05) is 10.6 Å². The Labute approximate surface area is 116 Å². The summed E-state index contributed by atoms with van der Waals surface area (Å²) < 4.78 is 2.73. The minimum Gasteiger partial charge on any atom is -0.329 e. The van der Waals surface area contributed by atoms with Gasteiger partial charge in [-0.1, -0.05) is 26.0 Å². The Balaban J connectivity index is 2.19. The molecule has 0 unspecified atom stereocenters. The summed E-state index contributed by atoms with van der Waals surface area (Å²) in [5.74, 6) is 0.536. The van der Waals surface area contributed by atoms with E-state index in [1.54, 1.807) is 12.4 Å². The molecular formula is C15H15N3S. The smallest absolute Gasteiger partial charge is 0.182 e. The second-order valence-electron chi connectivity index (χ2n) is 4.90. The number of pyridine rings is 1. The largest absolute Gasteiger partial charge is 0.329 e. The average Bonchev–Trinajstić information content (AvgIpc) is 2.74. The van der Waals surface area contributed by atoms with Gasteiger partial charge in [-0.2, -0.15) is 0 Å². The molecule has 0 aliphatic heterocycles. The Kier molecular flexibility index (Phi) is 2.95. The average molecular weight is 269 g/mol. The zero-order valence-corrected chi connectivity index (χ0v) is 11.7. The normalized spacial score (nSPS) is 11.3. The summed E-state index contributed by atoms with van der Waals surface area (Å²) >= 11 is 5.40. The molecule has 0 aliphatic carbocycles. The van der Waals surface area contributed by atoms with Crippen LogP contribution in [0.2, 0.25) is 0 Å². The van der Waals surface area contributed by atoms with Gasteiger partial charge in [-0.25, -0.2) is 0 Å². The molecule has 3 rings (SSSR count). The minimum atomic E-state index is 0.536. The standard InChI is InChI=1S/C15H15N3S/c1-10(2)11-3-5-12(6-4-11)18-14-7-8-16-9-13(14)17-15(18)19/h3-10H,1-2H3,(H,17,19). The molecule has 0 bridgehead atoms. The molecule has 0 aliphatic rings. The van der Waals surface area contributed by atoms with Crippen LogP contribution in [0.15, 0.2) is 42.7 Å². The number of rotatable bonds is 2. The number of aromatic amines is 1. The van der Waals surface area contributed by atoms with E-state index in [1.165, 1.54) is 5.56 Å². The quantitative estimate of drug-likeness (QED) is 0.707. The molecule has 96 valence electrons. The fourth-order valence-corrected chi connectivity index (χ4v) is 2.54. The number of hydrogen-bond acceptors (Lipinski definition) is 2. The van der Waals surface area contributed by atoms with Crippen molar-refractivity contribution in [2.75, 3.05) is 0 Å². The number of nitrogens with zero attached hydrogens (tertiary/aromatic N) is 2. The Morgan fingerprint density at radius 3 is 2.58 bits per heavy atom. The monoisotopic (exact) mass is 269 g/mol. The van der Waals surface area contributed by atoms with Crippen molar-refractivity contribution in [1.82, 2.24) is 14.5 Å². The molecule has 0 saturated heterocycles. The highest BCUT2D eigenvalue weighted by atomic mass is 32.1. The second-order valence-corrected chi connectivity index (χ2v) is 5.29. The Bertz CT molecular complexity index is 766. The molecule has 3 nitrogen and oxygen atoms in total. The van der Waals surface area contributed by atoms with Crippen LogP contribution in [-0.2, 0) is 0 Å². The van der Waals surface area contributed by atoms with Gasteiger partial charge in [-0.3, -0.25) is 9.55 Å². The third kappa shape index (κ3) is 2.08. The van der Waals surface area contributed by atoms with Crippen LogP contribution in [0.25, 0.3) is 16.7 Å². The fraction of sp³-hybridized carbons (Fsp3) is 0.200. The molecule has 1 aromatic carbocycles. The van der Waals surface area contributed by atoms with Crippen LogP contribution in [0.5, 0.6) is 0 Å². The van der Waals surface area contributed by atoms with Crippen LogP contribution >= 0.6 is 12.2 Å². The van der Waals surface area contributed by atoms with E-state index in [-0.39, 0.29) is 0 Å². The molecule has 0 amide bonds. The molecule has 0 atom stereocenters. The van der Waals surface area contributed by atoms with Gasteiger partial charge >= 0.3 is 0 Å². The van der Waals surface area contributed by atoms with Gasteiger partial charge in [-0.15, -0.1) is 0 Å². The number of aromatic nitrogens is 3. The number of imidazole rings is 1. The molecule has 2 heterocycles. The van der Waals surface area contributed by atoms with Crippen molar-refractivity contribution >= 4 is 23.3 Å². The third-order valence-electron chi connectivity index (χ3n) is 3.30. The summed E-state index contributed by atoms with van der Waals surface area (Å²) in [6, 6.07) is 10.5. The molecular weight excluding hydrogens is 254 g/mol. The molecule has 0 spiro atoms. The van der Waals surface area contributed by atoms with Crippen molar-refractivity contribution in [3.63, 3.8) is 0 Å². The van der Waals surface area contributed by atoms with E-state index in [4.69, 9.17) is 12.2 Å². The van der Waals surface area contributed by atoms with Gasteiger partial charge in [0.2, 0.25) is 0 Å². The topological polar surface area (TPSA) is 33.6 Å². The predicted octanol–water partition coefficient (Wildman–Crippen LogP) is 4.21. The van der Waals surface area contributed by atoms with Gasteiger partial charge in [0.1, 0.15) is 0 Å². The zero-order valence-electron chi connectivity index (χ0n) is 10.9. The molecule has 0 saturated carbocycles. The van der Waals surface area contributed by atoms with Crippen molar-refractivity contribution in [1.29, 1.82) is 0 Å². The lowest BCUT2D eigenvalue weighted by Gasteiger charge is -2.08. The van der Waals surface area contributed by atoms with Crippen LogP contribution in [-0.4, -0.2) is 14.5 Å². The highest BCUT2D eigenvalue weighted by Crippen LogP contribution is 2.21. The molecule has 1 N–H and O–H groups in total. The fourth-order valence-electron chi connectivity index (χ4n) is 2.22. The third-order valence-corrected chi connectivity index (χ3v) is 3.59. The highest BCUT2D eigenvalue weighted by Gasteiger charge is 2.06. The Morgan fingerprint density at radius 1 is 1.16 bits per heavy atom. The van der Waals surface area contributed by atoms with E-state index < -0.39 is 0 Å². The maximum Gasteiger partial charge on any atom is 0.182 e. The van der Waals surface area contributed by atoms with Gasteiger partial charge in [0, 0.05) is 11.9 Å². The molecule has 2 aromatic heterocycles. The summed E-state index contributed by atoms with van der Waals surface area (Å²) in [7, 11) is 0. The first kappa shape index (κ1) is 12.1. The van der Waals surface area contributed by atoms with Crippen LogP contribution < -0.4 is 0 Å². The summed E-state index contributed by atoms with van der Waals surface area (Å²) in [5, 5.41) is 0. The first-order chi connectivity index (χ1) is 9.16. The van der Waals surface area contributed by atoms with Gasteiger partial charge < -0.3 is 4.98 Å². The van der Waals surface area contributed by atoms with Crippen LogP contribution in [0.3, 0.4) is 0 Å². The van der Waals surface area contributed by atoms with Crippen molar-refractivity contribution in [2.45, 2.75) is 19.8 Å². The number of benzene rings is 1.